The molecule has 6 heteroatoms. The van der Waals surface area contributed by atoms with Gasteiger partial charge in [-0.1, -0.05) is 23.5 Å². The number of H-pyrrole nitrogens is 1. The molecule has 1 aromatic heterocycles. The molecule has 4 N–H and O–H groups in total. The van der Waals surface area contributed by atoms with Crippen LogP contribution in [0.15, 0.2) is 24.5 Å². The van der Waals surface area contributed by atoms with Crippen LogP contribution in [-0.2, 0) is 0 Å². The molecular weight excluding hydrogens is 266 g/mol. The summed E-state index contributed by atoms with van der Waals surface area (Å²) in [5.41, 5.74) is 7.57. The lowest BCUT2D eigenvalue weighted by Crippen LogP contribution is -2.28. The second-order valence-electron chi connectivity index (χ2n) is 4.62. The number of rotatable bonds is 3. The Labute approximate surface area is 123 Å². The molecule has 0 aliphatic rings. The number of hydrogen-bond acceptors (Lipinski definition) is 4. The molecule has 6 nitrogen and oxygen atoms in total. The minimum atomic E-state index is -0.268. The lowest BCUT2D eigenvalue weighted by molar-refractivity contribution is 0.0938. The summed E-state index contributed by atoms with van der Waals surface area (Å²) in [6, 6.07) is 5.28. The van der Waals surface area contributed by atoms with Gasteiger partial charge in [0.25, 0.3) is 5.91 Å². The molecule has 1 aromatic carbocycles. The Kier molecular flexibility index (Phi) is 4.69. The van der Waals surface area contributed by atoms with E-state index < -0.39 is 0 Å². The van der Waals surface area contributed by atoms with Crippen molar-refractivity contribution in [3.8, 4) is 11.8 Å². The Bertz CT molecular complexity index is 682. The van der Waals surface area contributed by atoms with E-state index in [2.05, 4.69) is 32.3 Å². The van der Waals surface area contributed by atoms with E-state index in [1.807, 2.05) is 32.0 Å². The van der Waals surface area contributed by atoms with Crippen molar-refractivity contribution in [3.05, 3.63) is 47.0 Å². The van der Waals surface area contributed by atoms with Crippen molar-refractivity contribution >= 4 is 5.91 Å². The third kappa shape index (κ3) is 3.68. The van der Waals surface area contributed by atoms with E-state index in [9.17, 15) is 4.79 Å². The molecule has 0 aliphatic heterocycles. The predicted octanol–water partition coefficient (Wildman–Crippen LogP) is 0.914. The zero-order valence-electron chi connectivity index (χ0n) is 12.0. The summed E-state index contributed by atoms with van der Waals surface area (Å²) >= 11 is 0. The Morgan fingerprint density at radius 1 is 1.52 bits per heavy atom. The highest BCUT2D eigenvalue weighted by Crippen LogP contribution is 2.13. The Morgan fingerprint density at radius 2 is 2.33 bits per heavy atom. The molecule has 21 heavy (non-hydrogen) atoms. The van der Waals surface area contributed by atoms with Gasteiger partial charge in [-0.25, -0.2) is 4.98 Å². The first-order chi connectivity index (χ1) is 10.1. The third-order valence-electron chi connectivity index (χ3n) is 2.94. The number of carbonyl (C=O) groups is 1. The van der Waals surface area contributed by atoms with E-state index in [4.69, 9.17) is 5.73 Å². The fourth-order valence-electron chi connectivity index (χ4n) is 1.87. The number of aromatic amines is 1. The maximum absolute atomic E-state index is 12.4. The quantitative estimate of drug-likeness (QED) is 0.730. The van der Waals surface area contributed by atoms with Gasteiger partial charge in [-0.2, -0.15) is 5.10 Å². The highest BCUT2D eigenvalue weighted by Gasteiger charge is 2.16. The van der Waals surface area contributed by atoms with Gasteiger partial charge in [0.1, 0.15) is 12.2 Å². The van der Waals surface area contributed by atoms with Crippen molar-refractivity contribution in [1.29, 1.82) is 0 Å². The van der Waals surface area contributed by atoms with Gasteiger partial charge >= 0.3 is 0 Å². The van der Waals surface area contributed by atoms with Crippen LogP contribution in [0.3, 0.4) is 0 Å². The van der Waals surface area contributed by atoms with Crippen LogP contribution in [0.4, 0.5) is 0 Å². The van der Waals surface area contributed by atoms with Crippen LogP contribution in [-0.4, -0.2) is 27.6 Å². The number of benzene rings is 1. The molecule has 0 saturated heterocycles. The molecule has 1 heterocycles. The Balaban J connectivity index is 2.24. The summed E-state index contributed by atoms with van der Waals surface area (Å²) in [6.07, 6.45) is 1.41. The number of aryl methyl sites for hydroxylation is 1. The van der Waals surface area contributed by atoms with Crippen molar-refractivity contribution in [2.45, 2.75) is 19.9 Å². The van der Waals surface area contributed by atoms with Crippen molar-refractivity contribution in [3.63, 3.8) is 0 Å². The number of amides is 1. The molecule has 1 unspecified atom stereocenters. The van der Waals surface area contributed by atoms with Gasteiger partial charge in [-0.15, -0.1) is 0 Å². The Morgan fingerprint density at radius 3 is 3.00 bits per heavy atom. The normalized spacial score (nSPS) is 11.4. The number of hydrogen-bond donors (Lipinski definition) is 3. The number of carbonyl (C=O) groups excluding carboxylic acids is 1. The maximum Gasteiger partial charge on any atom is 0.253 e. The maximum atomic E-state index is 12.4. The zero-order valence-corrected chi connectivity index (χ0v) is 12.0. The summed E-state index contributed by atoms with van der Waals surface area (Å²) < 4.78 is 0. The van der Waals surface area contributed by atoms with E-state index >= 15 is 0 Å². The second kappa shape index (κ2) is 6.68. The Hall–Kier alpha value is -2.65. The lowest BCUT2D eigenvalue weighted by atomic mass is 10.0. The molecule has 0 bridgehead atoms. The van der Waals surface area contributed by atoms with Gasteiger partial charge in [0.2, 0.25) is 0 Å². The van der Waals surface area contributed by atoms with Crippen LogP contribution < -0.4 is 11.1 Å². The smallest absolute Gasteiger partial charge is 0.253 e. The number of nitrogens with two attached hydrogens (primary N) is 1. The van der Waals surface area contributed by atoms with Crippen molar-refractivity contribution in [2.75, 3.05) is 6.54 Å². The molecule has 2 rings (SSSR count). The molecular formula is C15H17N5O. The largest absolute Gasteiger partial charge is 0.342 e. The predicted molar refractivity (Wildman–Crippen MR) is 79.4 cm³/mol. The average molecular weight is 283 g/mol. The fourth-order valence-corrected chi connectivity index (χ4v) is 1.87. The first-order valence-corrected chi connectivity index (χ1v) is 6.57. The average Bonchev–Trinajstić information content (AvgIpc) is 3.00. The first kappa shape index (κ1) is 14.8. The topological polar surface area (TPSA) is 96.7 Å². The zero-order chi connectivity index (χ0) is 15.2. The molecule has 0 radical (unpaired) electrons. The van der Waals surface area contributed by atoms with Crippen molar-refractivity contribution in [2.24, 2.45) is 5.73 Å². The van der Waals surface area contributed by atoms with Crippen LogP contribution in [0.1, 0.15) is 40.3 Å². The van der Waals surface area contributed by atoms with Gasteiger partial charge in [0.15, 0.2) is 0 Å². The molecule has 0 aliphatic carbocycles. The molecule has 0 spiro atoms. The van der Waals surface area contributed by atoms with Gasteiger partial charge < -0.3 is 11.1 Å². The fraction of sp³-hybridized carbons (Fsp3) is 0.267. The van der Waals surface area contributed by atoms with Gasteiger partial charge in [0, 0.05) is 5.56 Å². The van der Waals surface area contributed by atoms with Crippen LogP contribution in [0.2, 0.25) is 0 Å². The summed E-state index contributed by atoms with van der Waals surface area (Å²) in [5, 5.41) is 9.38. The third-order valence-corrected chi connectivity index (χ3v) is 2.94. The van der Waals surface area contributed by atoms with E-state index in [0.29, 0.717) is 17.0 Å². The van der Waals surface area contributed by atoms with Crippen molar-refractivity contribution in [1.82, 2.24) is 20.5 Å². The summed E-state index contributed by atoms with van der Waals surface area (Å²) in [4.78, 5) is 16.4. The molecule has 108 valence electrons. The SMILES string of the molecule is Cc1ccc(C#CCN)c(C(=O)NC(C)c2ncn[nH]2)c1. The lowest BCUT2D eigenvalue weighted by Gasteiger charge is -2.12. The van der Waals surface area contributed by atoms with Crippen molar-refractivity contribution < 1.29 is 4.79 Å². The highest BCUT2D eigenvalue weighted by atomic mass is 16.1. The molecule has 1 amide bonds. The number of nitrogens with zero attached hydrogens (tertiary/aromatic N) is 2. The van der Waals surface area contributed by atoms with E-state index in [-0.39, 0.29) is 18.5 Å². The van der Waals surface area contributed by atoms with Gasteiger partial charge in [0.05, 0.1) is 18.2 Å². The van der Waals surface area contributed by atoms with Gasteiger partial charge in [-0.05, 0) is 26.0 Å². The van der Waals surface area contributed by atoms with E-state index in [0.717, 1.165) is 5.56 Å². The minimum absolute atomic E-state index is 0.205. The number of aromatic nitrogens is 3. The standard InChI is InChI=1S/C15H17N5O/c1-10-5-6-12(4-3-7-16)13(8-10)15(21)19-11(2)14-17-9-18-20-14/h5-6,8-9,11H,7,16H2,1-2H3,(H,19,21)(H,17,18,20). The monoisotopic (exact) mass is 283 g/mol. The second-order valence-corrected chi connectivity index (χ2v) is 4.62. The molecule has 2 aromatic rings. The summed E-state index contributed by atoms with van der Waals surface area (Å²) in [5.74, 6) is 6.08. The van der Waals surface area contributed by atoms with Crippen LogP contribution in [0.5, 0.6) is 0 Å². The van der Waals surface area contributed by atoms with Crippen LogP contribution in [0, 0.1) is 18.8 Å². The highest BCUT2D eigenvalue weighted by molar-refractivity contribution is 5.97. The minimum Gasteiger partial charge on any atom is -0.342 e. The van der Waals surface area contributed by atoms with E-state index in [1.165, 1.54) is 6.33 Å². The number of nitrogens with one attached hydrogen (secondary N) is 2. The van der Waals surface area contributed by atoms with E-state index in [1.54, 1.807) is 0 Å². The van der Waals surface area contributed by atoms with Gasteiger partial charge in [-0.3, -0.25) is 9.89 Å². The van der Waals surface area contributed by atoms with Crippen LogP contribution in [0.25, 0.3) is 0 Å². The van der Waals surface area contributed by atoms with Crippen LogP contribution >= 0.6 is 0 Å². The summed E-state index contributed by atoms with van der Waals surface area (Å²) in [7, 11) is 0. The summed E-state index contributed by atoms with van der Waals surface area (Å²) in [6.45, 7) is 4.01. The molecule has 0 fully saturated rings. The molecule has 0 saturated carbocycles. The first-order valence-electron chi connectivity index (χ1n) is 6.57. The molecule has 1 atom stereocenters.